The predicted molar refractivity (Wildman–Crippen MR) is 105 cm³/mol. The number of nitrogens with zero attached hydrogens (tertiary/aromatic N) is 1. The molecule has 3 aliphatic heterocycles. The maximum Gasteiger partial charge on any atom is 0.223 e. The van der Waals surface area contributed by atoms with Gasteiger partial charge in [-0.1, -0.05) is 12.1 Å². The summed E-state index contributed by atoms with van der Waals surface area (Å²) in [5.41, 5.74) is 0.849. The van der Waals surface area contributed by atoms with E-state index in [9.17, 15) is 9.18 Å². The maximum atomic E-state index is 13.6. The van der Waals surface area contributed by atoms with E-state index in [1.54, 1.807) is 6.07 Å². The van der Waals surface area contributed by atoms with E-state index in [2.05, 4.69) is 5.32 Å². The summed E-state index contributed by atoms with van der Waals surface area (Å²) in [5.74, 6) is 0.416. The monoisotopic (exact) mass is 396 g/mol. The van der Waals surface area contributed by atoms with Gasteiger partial charge in [0.25, 0.3) is 0 Å². The molecule has 3 heterocycles. The highest BCUT2D eigenvalue weighted by molar-refractivity contribution is 5.85. The minimum atomic E-state index is -0.248. The Kier molecular flexibility index (Phi) is 7.12. The van der Waals surface area contributed by atoms with Gasteiger partial charge >= 0.3 is 0 Å². The van der Waals surface area contributed by atoms with Crippen LogP contribution in [0, 0.1) is 11.7 Å². The van der Waals surface area contributed by atoms with Crippen molar-refractivity contribution in [1.29, 1.82) is 0 Å². The second-order valence-corrected chi connectivity index (χ2v) is 8.22. The summed E-state index contributed by atoms with van der Waals surface area (Å²) in [6.07, 6.45) is 7.50. The molecule has 4 nitrogen and oxygen atoms in total. The van der Waals surface area contributed by atoms with Gasteiger partial charge in [-0.2, -0.15) is 0 Å². The zero-order valence-electron chi connectivity index (χ0n) is 15.7. The van der Waals surface area contributed by atoms with Gasteiger partial charge in [-0.05, 0) is 62.1 Å². The lowest BCUT2D eigenvalue weighted by Crippen LogP contribution is -2.42. The lowest BCUT2D eigenvalue weighted by atomic mass is 9.89. The predicted octanol–water partition coefficient (Wildman–Crippen LogP) is 3.68. The normalized spacial score (nSPS) is 29.4. The minimum Gasteiger partial charge on any atom is -0.376 e. The first-order chi connectivity index (χ1) is 12.7. The van der Waals surface area contributed by atoms with Crippen LogP contribution in [0.2, 0.25) is 0 Å². The molecule has 0 spiro atoms. The fourth-order valence-electron chi connectivity index (χ4n) is 4.86. The van der Waals surface area contributed by atoms with E-state index >= 15 is 0 Å². The Morgan fingerprint density at radius 1 is 1.22 bits per heavy atom. The third-order valence-electron chi connectivity index (χ3n) is 6.10. The van der Waals surface area contributed by atoms with Crippen LogP contribution in [0.4, 0.5) is 4.39 Å². The molecule has 3 unspecified atom stereocenters. The average Bonchev–Trinajstić information content (AvgIpc) is 3.24. The van der Waals surface area contributed by atoms with Gasteiger partial charge in [-0.25, -0.2) is 4.39 Å². The fraction of sp³-hybridized carbons (Fsp3) is 0.667. The minimum absolute atomic E-state index is 0. The Labute approximate surface area is 167 Å². The largest absolute Gasteiger partial charge is 0.376 e. The van der Waals surface area contributed by atoms with E-state index in [0.29, 0.717) is 37.5 Å². The summed E-state index contributed by atoms with van der Waals surface area (Å²) in [7, 11) is 0. The van der Waals surface area contributed by atoms with Crippen molar-refractivity contribution in [3.63, 3.8) is 0 Å². The third-order valence-corrected chi connectivity index (χ3v) is 6.10. The summed E-state index contributed by atoms with van der Waals surface area (Å²) in [5, 5.41) is 3.64. The van der Waals surface area contributed by atoms with Crippen LogP contribution in [0.1, 0.15) is 50.5 Å². The van der Waals surface area contributed by atoms with Crippen LogP contribution in [0.15, 0.2) is 24.3 Å². The summed E-state index contributed by atoms with van der Waals surface area (Å²) < 4.78 is 19.3. The van der Waals surface area contributed by atoms with Crippen LogP contribution < -0.4 is 5.32 Å². The standard InChI is InChI=1S/C21H29FN2O2.ClH/c22-17-4-1-3-15(9-17)13-24(14-20-5-2-8-26-20)21(25)12-16-10-18-6-7-19(11-16)23-18;/h1,3-4,9,16,18-20,23H,2,5-8,10-14H2;1H. The van der Waals surface area contributed by atoms with Gasteiger partial charge in [0, 0.05) is 38.2 Å². The van der Waals surface area contributed by atoms with Gasteiger partial charge in [-0.3, -0.25) is 4.79 Å². The molecule has 3 atom stereocenters. The summed E-state index contributed by atoms with van der Waals surface area (Å²) in [6.45, 7) is 1.87. The number of nitrogens with one attached hydrogen (secondary N) is 1. The van der Waals surface area contributed by atoms with Crippen LogP contribution in [0.25, 0.3) is 0 Å². The number of carbonyl (C=O) groups is 1. The highest BCUT2D eigenvalue weighted by atomic mass is 35.5. The van der Waals surface area contributed by atoms with E-state index in [1.807, 2.05) is 11.0 Å². The molecule has 1 amide bonds. The number of rotatable bonds is 6. The van der Waals surface area contributed by atoms with Gasteiger partial charge < -0.3 is 15.0 Å². The number of fused-ring (bicyclic) bond motifs is 2. The van der Waals surface area contributed by atoms with Gasteiger partial charge in [0.15, 0.2) is 0 Å². The van der Waals surface area contributed by atoms with Gasteiger partial charge in [0.1, 0.15) is 5.82 Å². The number of carbonyl (C=O) groups excluding carboxylic acids is 1. The van der Waals surface area contributed by atoms with Crippen molar-refractivity contribution >= 4 is 18.3 Å². The van der Waals surface area contributed by atoms with Gasteiger partial charge in [0.05, 0.1) is 6.10 Å². The summed E-state index contributed by atoms with van der Waals surface area (Å²) in [4.78, 5) is 15.0. The molecule has 2 bridgehead atoms. The van der Waals surface area contributed by atoms with Gasteiger partial charge in [0.2, 0.25) is 5.91 Å². The van der Waals surface area contributed by atoms with E-state index < -0.39 is 0 Å². The number of hydrogen-bond acceptors (Lipinski definition) is 3. The van der Waals surface area contributed by atoms with Crippen LogP contribution in [-0.2, 0) is 16.1 Å². The molecule has 0 aromatic heterocycles. The quantitative estimate of drug-likeness (QED) is 0.797. The van der Waals surface area contributed by atoms with Crippen molar-refractivity contribution < 1.29 is 13.9 Å². The van der Waals surface area contributed by atoms with E-state index in [4.69, 9.17) is 4.74 Å². The van der Waals surface area contributed by atoms with Crippen LogP contribution in [0.3, 0.4) is 0 Å². The Bertz CT molecular complexity index is 626. The van der Waals surface area contributed by atoms with E-state index in [-0.39, 0.29) is 30.2 Å². The highest BCUT2D eigenvalue weighted by Gasteiger charge is 2.35. The Balaban J connectivity index is 0.00000210. The molecule has 4 rings (SSSR count). The number of benzene rings is 1. The topological polar surface area (TPSA) is 41.6 Å². The molecule has 3 fully saturated rings. The molecule has 1 aromatic rings. The lowest BCUT2D eigenvalue weighted by Gasteiger charge is -2.31. The van der Waals surface area contributed by atoms with Crippen LogP contribution >= 0.6 is 12.4 Å². The Hall–Kier alpha value is -1.17. The molecule has 6 heteroatoms. The van der Waals surface area contributed by atoms with Crippen molar-refractivity contribution in [3.05, 3.63) is 35.6 Å². The fourth-order valence-corrected chi connectivity index (χ4v) is 4.86. The zero-order valence-corrected chi connectivity index (χ0v) is 16.6. The third kappa shape index (κ3) is 5.43. The molecular formula is C21H30ClFN2O2. The van der Waals surface area contributed by atoms with Crippen molar-refractivity contribution in [2.75, 3.05) is 13.2 Å². The van der Waals surface area contributed by atoms with Crippen LogP contribution in [-0.4, -0.2) is 42.1 Å². The highest BCUT2D eigenvalue weighted by Crippen LogP contribution is 2.33. The first-order valence-corrected chi connectivity index (χ1v) is 10.1. The molecule has 0 radical (unpaired) electrons. The number of piperidine rings is 1. The number of ether oxygens (including phenoxy) is 1. The number of hydrogen-bond donors (Lipinski definition) is 1. The molecule has 1 N–H and O–H groups in total. The Morgan fingerprint density at radius 2 is 2.00 bits per heavy atom. The Morgan fingerprint density at radius 3 is 2.67 bits per heavy atom. The first kappa shape index (κ1) is 20.6. The zero-order chi connectivity index (χ0) is 17.9. The van der Waals surface area contributed by atoms with Crippen molar-refractivity contribution in [2.24, 2.45) is 5.92 Å². The number of amides is 1. The molecule has 0 saturated carbocycles. The van der Waals surface area contributed by atoms with Gasteiger partial charge in [-0.15, -0.1) is 12.4 Å². The summed E-state index contributed by atoms with van der Waals surface area (Å²) >= 11 is 0. The molecule has 1 aromatic carbocycles. The average molecular weight is 397 g/mol. The van der Waals surface area contributed by atoms with E-state index in [0.717, 1.165) is 37.9 Å². The second kappa shape index (κ2) is 9.35. The van der Waals surface area contributed by atoms with Crippen LogP contribution in [0.5, 0.6) is 0 Å². The van der Waals surface area contributed by atoms with Crippen molar-refractivity contribution in [1.82, 2.24) is 10.2 Å². The molecule has 0 aliphatic carbocycles. The molecular weight excluding hydrogens is 367 g/mol. The van der Waals surface area contributed by atoms with Crippen molar-refractivity contribution in [3.8, 4) is 0 Å². The maximum absolute atomic E-state index is 13.6. The molecule has 3 aliphatic rings. The van der Waals surface area contributed by atoms with Crippen molar-refractivity contribution in [2.45, 2.75) is 69.7 Å². The summed E-state index contributed by atoms with van der Waals surface area (Å²) in [6, 6.07) is 7.77. The first-order valence-electron chi connectivity index (χ1n) is 10.1. The van der Waals surface area contributed by atoms with E-state index in [1.165, 1.54) is 25.0 Å². The SMILES string of the molecule is Cl.O=C(CC1CC2CCC(C1)N2)N(Cc1cccc(F)c1)CC1CCCO1. The second-order valence-electron chi connectivity index (χ2n) is 8.22. The molecule has 150 valence electrons. The smallest absolute Gasteiger partial charge is 0.223 e. The lowest BCUT2D eigenvalue weighted by molar-refractivity contribution is -0.134. The number of halogens is 2. The molecule has 3 saturated heterocycles. The molecule has 27 heavy (non-hydrogen) atoms.